The molecule has 0 radical (unpaired) electrons. The van der Waals surface area contributed by atoms with Crippen LogP contribution in [-0.2, 0) is 0 Å². The smallest absolute Gasteiger partial charge is 0.225 e. The van der Waals surface area contributed by atoms with Crippen molar-refractivity contribution >= 4 is 17.7 Å². The van der Waals surface area contributed by atoms with Crippen molar-refractivity contribution in [3.63, 3.8) is 0 Å². The minimum atomic E-state index is 0.600. The van der Waals surface area contributed by atoms with Gasteiger partial charge in [-0.2, -0.15) is 11.8 Å². The molecule has 1 aromatic heterocycles. The molecule has 4 nitrogen and oxygen atoms in total. The van der Waals surface area contributed by atoms with E-state index in [0.29, 0.717) is 6.04 Å². The second-order valence-corrected chi connectivity index (χ2v) is 6.62. The fourth-order valence-electron chi connectivity index (χ4n) is 2.86. The van der Waals surface area contributed by atoms with Gasteiger partial charge in [0.15, 0.2) is 0 Å². The molecule has 104 valence electrons. The molecular formula is C14H22N4S. The molecule has 0 bridgehead atoms. The fourth-order valence-corrected chi connectivity index (χ4v) is 4.14. The number of aromatic nitrogens is 2. The molecule has 2 aliphatic heterocycles. The molecule has 19 heavy (non-hydrogen) atoms. The standard InChI is InChI=1S/C14H22N4S/c1-3-13(17-9-12-4-8-19-11-12)10-18(7-1)14-15-5-2-6-16-14/h2,5-6,12-13,17H,1,3-4,7-11H2. The first-order chi connectivity index (χ1) is 9.42. The number of hydrogen-bond donors (Lipinski definition) is 1. The summed E-state index contributed by atoms with van der Waals surface area (Å²) < 4.78 is 0. The molecule has 2 fully saturated rings. The Balaban J connectivity index is 1.50. The van der Waals surface area contributed by atoms with E-state index in [2.05, 4.69) is 31.9 Å². The summed E-state index contributed by atoms with van der Waals surface area (Å²) in [5.41, 5.74) is 0. The lowest BCUT2D eigenvalue weighted by Crippen LogP contribution is -2.47. The Morgan fingerprint density at radius 3 is 3.00 bits per heavy atom. The van der Waals surface area contributed by atoms with Gasteiger partial charge in [-0.3, -0.25) is 0 Å². The summed E-state index contributed by atoms with van der Waals surface area (Å²) in [6.07, 6.45) is 7.55. The van der Waals surface area contributed by atoms with E-state index >= 15 is 0 Å². The molecule has 0 spiro atoms. The van der Waals surface area contributed by atoms with Crippen LogP contribution in [0.1, 0.15) is 19.3 Å². The summed E-state index contributed by atoms with van der Waals surface area (Å²) in [6.45, 7) is 3.31. The molecule has 0 amide bonds. The van der Waals surface area contributed by atoms with Gasteiger partial charge in [0.05, 0.1) is 0 Å². The Labute approximate surface area is 119 Å². The summed E-state index contributed by atoms with van der Waals surface area (Å²) >= 11 is 2.10. The van der Waals surface area contributed by atoms with Crippen molar-refractivity contribution in [1.82, 2.24) is 15.3 Å². The van der Waals surface area contributed by atoms with Crippen LogP contribution in [0, 0.1) is 5.92 Å². The van der Waals surface area contributed by atoms with Crippen LogP contribution >= 0.6 is 11.8 Å². The van der Waals surface area contributed by atoms with E-state index in [-0.39, 0.29) is 0 Å². The van der Waals surface area contributed by atoms with Crippen LogP contribution in [0.4, 0.5) is 5.95 Å². The van der Waals surface area contributed by atoms with E-state index < -0.39 is 0 Å². The van der Waals surface area contributed by atoms with Crippen molar-refractivity contribution in [2.75, 3.05) is 36.0 Å². The summed E-state index contributed by atoms with van der Waals surface area (Å²) in [5, 5.41) is 3.75. The van der Waals surface area contributed by atoms with Gasteiger partial charge < -0.3 is 10.2 Å². The van der Waals surface area contributed by atoms with Gasteiger partial charge in [0.25, 0.3) is 0 Å². The number of rotatable bonds is 4. The normalized spacial score (nSPS) is 27.7. The van der Waals surface area contributed by atoms with Gasteiger partial charge in [0, 0.05) is 31.5 Å². The van der Waals surface area contributed by atoms with Gasteiger partial charge in [0.1, 0.15) is 0 Å². The van der Waals surface area contributed by atoms with Crippen molar-refractivity contribution in [2.45, 2.75) is 25.3 Å². The molecule has 1 N–H and O–H groups in total. The van der Waals surface area contributed by atoms with Crippen LogP contribution in [0.5, 0.6) is 0 Å². The Kier molecular flexibility index (Phi) is 4.56. The highest BCUT2D eigenvalue weighted by atomic mass is 32.2. The number of thioether (sulfide) groups is 1. The van der Waals surface area contributed by atoms with E-state index in [9.17, 15) is 0 Å². The first-order valence-corrected chi connectivity index (χ1v) is 8.40. The Hall–Kier alpha value is -0.810. The molecule has 1 aromatic rings. The molecule has 0 aliphatic carbocycles. The lowest BCUT2D eigenvalue weighted by atomic mass is 10.0. The van der Waals surface area contributed by atoms with Gasteiger partial charge in [0.2, 0.25) is 5.95 Å². The molecule has 3 heterocycles. The minimum Gasteiger partial charge on any atom is -0.339 e. The maximum atomic E-state index is 4.36. The topological polar surface area (TPSA) is 41.1 Å². The zero-order chi connectivity index (χ0) is 12.9. The van der Waals surface area contributed by atoms with Crippen molar-refractivity contribution in [1.29, 1.82) is 0 Å². The van der Waals surface area contributed by atoms with Crippen LogP contribution in [0.15, 0.2) is 18.5 Å². The highest BCUT2D eigenvalue weighted by Crippen LogP contribution is 2.23. The summed E-state index contributed by atoms with van der Waals surface area (Å²) in [5.74, 6) is 4.45. The van der Waals surface area contributed by atoms with Gasteiger partial charge in [-0.1, -0.05) is 0 Å². The zero-order valence-electron chi connectivity index (χ0n) is 11.3. The summed E-state index contributed by atoms with van der Waals surface area (Å²) in [7, 11) is 0. The number of nitrogens with one attached hydrogen (secondary N) is 1. The monoisotopic (exact) mass is 278 g/mol. The maximum absolute atomic E-state index is 4.36. The summed E-state index contributed by atoms with van der Waals surface area (Å²) in [4.78, 5) is 11.0. The van der Waals surface area contributed by atoms with E-state index in [1.54, 1.807) is 0 Å². The van der Waals surface area contributed by atoms with Gasteiger partial charge in [-0.25, -0.2) is 9.97 Å². The third kappa shape index (κ3) is 3.60. The van der Waals surface area contributed by atoms with Crippen molar-refractivity contribution in [3.05, 3.63) is 18.5 Å². The van der Waals surface area contributed by atoms with E-state index in [0.717, 1.165) is 25.0 Å². The van der Waals surface area contributed by atoms with E-state index in [1.807, 2.05) is 18.5 Å². The van der Waals surface area contributed by atoms with Crippen molar-refractivity contribution < 1.29 is 0 Å². The van der Waals surface area contributed by atoms with Crippen LogP contribution in [0.2, 0.25) is 0 Å². The third-order valence-electron chi connectivity index (χ3n) is 3.98. The highest BCUT2D eigenvalue weighted by Gasteiger charge is 2.23. The lowest BCUT2D eigenvalue weighted by Gasteiger charge is -2.33. The molecule has 2 aliphatic rings. The van der Waals surface area contributed by atoms with Crippen LogP contribution in [0.3, 0.4) is 0 Å². The largest absolute Gasteiger partial charge is 0.339 e. The minimum absolute atomic E-state index is 0.600. The molecule has 0 aromatic carbocycles. The van der Waals surface area contributed by atoms with Gasteiger partial charge >= 0.3 is 0 Å². The van der Waals surface area contributed by atoms with Crippen LogP contribution in [-0.4, -0.2) is 47.1 Å². The summed E-state index contributed by atoms with van der Waals surface area (Å²) in [6, 6.07) is 2.48. The van der Waals surface area contributed by atoms with E-state index in [1.165, 1.54) is 37.3 Å². The highest BCUT2D eigenvalue weighted by molar-refractivity contribution is 7.99. The average molecular weight is 278 g/mol. The fraction of sp³-hybridized carbons (Fsp3) is 0.714. The lowest BCUT2D eigenvalue weighted by molar-refractivity contribution is 0.391. The molecule has 5 heteroatoms. The third-order valence-corrected chi connectivity index (χ3v) is 5.21. The van der Waals surface area contributed by atoms with Crippen LogP contribution < -0.4 is 10.2 Å². The quantitative estimate of drug-likeness (QED) is 0.909. The number of piperidine rings is 1. The number of anilines is 1. The first-order valence-electron chi connectivity index (χ1n) is 7.25. The van der Waals surface area contributed by atoms with Crippen molar-refractivity contribution in [3.8, 4) is 0 Å². The Bertz CT molecular complexity index is 380. The van der Waals surface area contributed by atoms with Crippen molar-refractivity contribution in [2.24, 2.45) is 5.92 Å². The SMILES string of the molecule is c1cnc(N2CCCC(NCC3CCSC3)C2)nc1. The van der Waals surface area contributed by atoms with Crippen LogP contribution in [0.25, 0.3) is 0 Å². The second-order valence-electron chi connectivity index (χ2n) is 5.47. The zero-order valence-corrected chi connectivity index (χ0v) is 12.1. The number of hydrogen-bond acceptors (Lipinski definition) is 5. The van der Waals surface area contributed by atoms with Gasteiger partial charge in [-0.05, 0) is 49.3 Å². The number of nitrogens with zero attached hydrogens (tertiary/aromatic N) is 3. The van der Waals surface area contributed by atoms with Gasteiger partial charge in [-0.15, -0.1) is 0 Å². The predicted octanol–water partition coefficient (Wildman–Crippen LogP) is 1.79. The molecular weight excluding hydrogens is 256 g/mol. The predicted molar refractivity (Wildman–Crippen MR) is 80.7 cm³/mol. The molecule has 2 atom stereocenters. The first kappa shape index (κ1) is 13.2. The average Bonchev–Trinajstić information content (AvgIpc) is 3.00. The van der Waals surface area contributed by atoms with E-state index in [4.69, 9.17) is 0 Å². The molecule has 2 unspecified atom stereocenters. The molecule has 0 saturated carbocycles. The molecule has 3 rings (SSSR count). The molecule has 2 saturated heterocycles. The Morgan fingerprint density at radius 2 is 2.21 bits per heavy atom. The second kappa shape index (κ2) is 6.57. The maximum Gasteiger partial charge on any atom is 0.225 e. The Morgan fingerprint density at radius 1 is 1.32 bits per heavy atom.